The second-order valence-corrected chi connectivity index (χ2v) is 11.6. The number of nitrogens with one attached hydrogen (secondary N) is 1. The molecule has 1 N–H and O–H groups in total. The van der Waals surface area contributed by atoms with E-state index in [1.807, 2.05) is 69.3 Å². The van der Waals surface area contributed by atoms with Gasteiger partial charge >= 0.3 is 0 Å². The fourth-order valence-electron chi connectivity index (χ4n) is 3.80. The Hall–Kier alpha value is -3.23. The molecule has 3 aromatic rings. The maximum atomic E-state index is 13.4. The average Bonchev–Trinajstić information content (AvgIpc) is 2.85. The van der Waals surface area contributed by atoms with E-state index in [-0.39, 0.29) is 29.8 Å². The fraction of sp³-hybridized carbons (Fsp3) is 0.357. The van der Waals surface area contributed by atoms with E-state index in [4.69, 9.17) is 0 Å². The van der Waals surface area contributed by atoms with Crippen LogP contribution in [-0.2, 0) is 26.2 Å². The van der Waals surface area contributed by atoms with Gasteiger partial charge in [-0.05, 0) is 48.2 Å². The smallest absolute Gasteiger partial charge is 0.243 e. The minimum atomic E-state index is -3.92. The number of benzene rings is 3. The van der Waals surface area contributed by atoms with Gasteiger partial charge in [0, 0.05) is 20.1 Å². The number of amides is 2. The molecule has 7 nitrogen and oxygen atoms in total. The van der Waals surface area contributed by atoms with Gasteiger partial charge in [0.2, 0.25) is 21.8 Å². The Morgan fingerprint density at radius 1 is 0.917 bits per heavy atom. The predicted molar refractivity (Wildman–Crippen MR) is 143 cm³/mol. The highest BCUT2D eigenvalue weighted by Crippen LogP contribution is 2.22. The Labute approximate surface area is 214 Å². The molecule has 1 atom stereocenters. The quantitative estimate of drug-likeness (QED) is 0.448. The number of carbonyl (C=O) groups excluding carboxylic acids is 2. The molecule has 0 unspecified atom stereocenters. The van der Waals surface area contributed by atoms with Gasteiger partial charge in [-0.3, -0.25) is 9.59 Å². The summed E-state index contributed by atoms with van der Waals surface area (Å²) in [6.45, 7) is 7.93. The van der Waals surface area contributed by atoms with Crippen LogP contribution in [0, 0.1) is 12.8 Å². The number of sulfonamides is 1. The largest absolute Gasteiger partial charge is 0.354 e. The Bertz CT molecular complexity index is 1320. The summed E-state index contributed by atoms with van der Waals surface area (Å²) in [5.41, 5.74) is 1.94. The minimum absolute atomic E-state index is 0.115. The Morgan fingerprint density at radius 2 is 1.56 bits per heavy atom. The van der Waals surface area contributed by atoms with Crippen molar-refractivity contribution in [1.29, 1.82) is 0 Å². The van der Waals surface area contributed by atoms with Crippen LogP contribution in [0.3, 0.4) is 0 Å². The van der Waals surface area contributed by atoms with E-state index in [9.17, 15) is 18.0 Å². The lowest BCUT2D eigenvalue weighted by Crippen LogP contribution is -2.51. The van der Waals surface area contributed by atoms with Gasteiger partial charge in [0.1, 0.15) is 6.04 Å². The molecule has 8 heteroatoms. The molecule has 0 fully saturated rings. The van der Waals surface area contributed by atoms with Gasteiger partial charge in [0.15, 0.2) is 0 Å². The summed E-state index contributed by atoms with van der Waals surface area (Å²) in [6, 6.07) is 19.3. The molecule has 0 spiro atoms. The second kappa shape index (κ2) is 11.7. The molecular weight excluding hydrogens is 474 g/mol. The van der Waals surface area contributed by atoms with Crippen molar-refractivity contribution < 1.29 is 18.0 Å². The highest BCUT2D eigenvalue weighted by Gasteiger charge is 2.30. The number of carbonyl (C=O) groups is 2. The third-order valence-electron chi connectivity index (χ3n) is 6.11. The first-order valence-electron chi connectivity index (χ1n) is 12.1. The Kier molecular flexibility index (Phi) is 8.87. The Morgan fingerprint density at radius 3 is 2.19 bits per heavy atom. The van der Waals surface area contributed by atoms with Crippen molar-refractivity contribution in [2.75, 3.05) is 20.1 Å². The van der Waals surface area contributed by atoms with Crippen LogP contribution in [-0.4, -0.2) is 55.6 Å². The van der Waals surface area contributed by atoms with Gasteiger partial charge in [0.05, 0.1) is 11.4 Å². The molecule has 36 heavy (non-hydrogen) atoms. The SMILES string of the molecule is Cc1ccc(CN(C(=O)CN(C)S(=O)(=O)c2ccc3ccccc3c2)[C@H](C)C(=O)NCC(C)C)cc1. The van der Waals surface area contributed by atoms with Crippen molar-refractivity contribution in [3.63, 3.8) is 0 Å². The molecule has 2 amide bonds. The summed E-state index contributed by atoms with van der Waals surface area (Å²) in [5.74, 6) is -0.459. The van der Waals surface area contributed by atoms with Gasteiger partial charge in [-0.25, -0.2) is 8.42 Å². The third kappa shape index (κ3) is 6.71. The van der Waals surface area contributed by atoms with Crippen LogP contribution in [0.4, 0.5) is 0 Å². The second-order valence-electron chi connectivity index (χ2n) is 9.59. The molecule has 0 radical (unpaired) electrons. The molecule has 3 rings (SSSR count). The molecule has 0 bridgehead atoms. The minimum Gasteiger partial charge on any atom is -0.354 e. The molecule has 0 aliphatic heterocycles. The van der Waals surface area contributed by atoms with E-state index in [0.717, 1.165) is 26.2 Å². The van der Waals surface area contributed by atoms with Crippen molar-refractivity contribution in [2.45, 2.75) is 45.2 Å². The first-order chi connectivity index (χ1) is 17.0. The van der Waals surface area contributed by atoms with Crippen molar-refractivity contribution >= 4 is 32.6 Å². The van der Waals surface area contributed by atoms with Crippen LogP contribution in [0.5, 0.6) is 0 Å². The average molecular weight is 510 g/mol. The van der Waals surface area contributed by atoms with Crippen LogP contribution in [0.2, 0.25) is 0 Å². The molecule has 0 aromatic heterocycles. The van der Waals surface area contributed by atoms with Crippen LogP contribution in [0.15, 0.2) is 71.6 Å². The first-order valence-corrected chi connectivity index (χ1v) is 13.5. The number of hydrogen-bond acceptors (Lipinski definition) is 4. The summed E-state index contributed by atoms with van der Waals surface area (Å²) in [4.78, 5) is 27.8. The van der Waals surface area contributed by atoms with Gasteiger partial charge in [0.25, 0.3) is 0 Å². The van der Waals surface area contributed by atoms with Crippen molar-refractivity contribution in [2.24, 2.45) is 5.92 Å². The molecular formula is C28H35N3O4S. The fourth-order valence-corrected chi connectivity index (χ4v) is 4.96. The van der Waals surface area contributed by atoms with E-state index >= 15 is 0 Å². The van der Waals surface area contributed by atoms with E-state index in [1.54, 1.807) is 25.1 Å². The summed E-state index contributed by atoms with van der Waals surface area (Å²) in [7, 11) is -2.53. The van der Waals surface area contributed by atoms with Gasteiger partial charge in [-0.15, -0.1) is 0 Å². The topological polar surface area (TPSA) is 86.8 Å². The highest BCUT2D eigenvalue weighted by molar-refractivity contribution is 7.89. The van der Waals surface area contributed by atoms with Crippen molar-refractivity contribution in [3.8, 4) is 0 Å². The maximum Gasteiger partial charge on any atom is 0.243 e. The van der Waals surface area contributed by atoms with Crippen LogP contribution in [0.25, 0.3) is 10.8 Å². The first kappa shape index (κ1) is 27.4. The van der Waals surface area contributed by atoms with E-state index in [0.29, 0.717) is 6.54 Å². The number of hydrogen-bond donors (Lipinski definition) is 1. The van der Waals surface area contributed by atoms with Crippen LogP contribution < -0.4 is 5.32 Å². The van der Waals surface area contributed by atoms with Gasteiger partial charge in [-0.1, -0.05) is 74.0 Å². The third-order valence-corrected chi connectivity index (χ3v) is 7.91. The zero-order chi connectivity index (χ0) is 26.5. The van der Waals surface area contributed by atoms with Crippen LogP contribution >= 0.6 is 0 Å². The molecule has 0 heterocycles. The Balaban J connectivity index is 1.83. The molecule has 0 saturated heterocycles. The van der Waals surface area contributed by atoms with Gasteiger partial charge in [-0.2, -0.15) is 4.31 Å². The number of likely N-dealkylation sites (N-methyl/N-ethyl adjacent to an activating group) is 1. The summed E-state index contributed by atoms with van der Waals surface area (Å²) < 4.78 is 27.6. The van der Waals surface area contributed by atoms with E-state index in [2.05, 4.69) is 5.32 Å². The summed E-state index contributed by atoms with van der Waals surface area (Å²) in [6.07, 6.45) is 0. The zero-order valence-corrected chi connectivity index (χ0v) is 22.4. The maximum absolute atomic E-state index is 13.4. The van der Waals surface area contributed by atoms with Crippen molar-refractivity contribution in [3.05, 3.63) is 77.9 Å². The number of aryl methyl sites for hydroxylation is 1. The zero-order valence-electron chi connectivity index (χ0n) is 21.6. The number of rotatable bonds is 10. The molecule has 0 saturated carbocycles. The lowest BCUT2D eigenvalue weighted by Gasteiger charge is -2.30. The predicted octanol–water partition coefficient (Wildman–Crippen LogP) is 3.96. The van der Waals surface area contributed by atoms with Crippen LogP contribution in [0.1, 0.15) is 31.9 Å². The number of fused-ring (bicyclic) bond motifs is 1. The van der Waals surface area contributed by atoms with E-state index < -0.39 is 22.0 Å². The summed E-state index contributed by atoms with van der Waals surface area (Å²) >= 11 is 0. The molecule has 0 aliphatic carbocycles. The number of nitrogens with zero attached hydrogens (tertiary/aromatic N) is 2. The molecule has 3 aromatic carbocycles. The molecule has 0 aliphatic rings. The molecule has 192 valence electrons. The lowest BCUT2D eigenvalue weighted by molar-refractivity contribution is -0.140. The van der Waals surface area contributed by atoms with Crippen molar-refractivity contribution in [1.82, 2.24) is 14.5 Å². The van der Waals surface area contributed by atoms with E-state index in [1.165, 1.54) is 11.9 Å². The normalized spacial score (nSPS) is 12.6. The summed E-state index contributed by atoms with van der Waals surface area (Å²) in [5, 5.41) is 4.61. The lowest BCUT2D eigenvalue weighted by atomic mass is 10.1. The van der Waals surface area contributed by atoms with Gasteiger partial charge < -0.3 is 10.2 Å². The highest BCUT2D eigenvalue weighted by atomic mass is 32.2. The monoisotopic (exact) mass is 509 g/mol. The standard InChI is InChI=1S/C28H35N3O4S/c1-20(2)17-29-28(33)22(4)31(18-23-12-10-21(3)11-13-23)27(32)19-30(5)36(34,35)26-15-14-24-8-6-7-9-25(24)16-26/h6-16,20,22H,17-19H2,1-5H3,(H,29,33)/t22-/m1/s1.